The van der Waals surface area contributed by atoms with Gasteiger partial charge in [-0.15, -0.1) is 0 Å². The molecule has 56 heavy (non-hydrogen) atoms. The summed E-state index contributed by atoms with van der Waals surface area (Å²) in [6, 6.07) is 29.0. The van der Waals surface area contributed by atoms with Crippen LogP contribution in [0.15, 0.2) is 128 Å². The van der Waals surface area contributed by atoms with Crippen LogP contribution in [0.4, 0.5) is 17.1 Å². The molecule has 2 aliphatic heterocycles. The van der Waals surface area contributed by atoms with Crippen molar-refractivity contribution in [2.75, 3.05) is 32.1 Å². The number of nitrogens with zero attached hydrogens (tertiary/aromatic N) is 3. The first-order chi connectivity index (χ1) is 26.4. The lowest BCUT2D eigenvalue weighted by Gasteiger charge is -2.30. The molecule has 2 heterocycles. The van der Waals surface area contributed by atoms with Gasteiger partial charge in [-0.2, -0.15) is 8.88 Å². The van der Waals surface area contributed by atoms with E-state index in [0.717, 1.165) is 0 Å². The van der Waals surface area contributed by atoms with Gasteiger partial charge >= 0.3 is 5.97 Å². The average Bonchev–Trinajstić information content (AvgIpc) is 3.18. The second-order valence-electron chi connectivity index (χ2n) is 13.4. The van der Waals surface area contributed by atoms with E-state index in [1.807, 2.05) is 28.8 Å². The zero-order chi connectivity index (χ0) is 40.2. The number of carboxylic acid groups (broad SMARTS) is 1. The van der Waals surface area contributed by atoms with E-state index in [2.05, 4.69) is 0 Å². The largest absolute Gasteiger partial charge is 0.744 e. The second kappa shape index (κ2) is 14.8. The molecule has 3 aliphatic rings. The third-order valence-electron chi connectivity index (χ3n) is 10.1. The van der Waals surface area contributed by atoms with Crippen LogP contribution >= 0.6 is 10.9 Å². The molecule has 292 valence electrons. The third-order valence-corrected chi connectivity index (χ3v) is 13.8. The van der Waals surface area contributed by atoms with Gasteiger partial charge in [0.15, 0.2) is 0 Å². The fraction of sp³-hybridized carbons (Fsp3) is 0.179. The summed E-state index contributed by atoms with van der Waals surface area (Å²) in [7, 11) is -9.08. The highest BCUT2D eigenvalue weighted by molar-refractivity contribution is 8.19. The Kier molecular flexibility index (Phi) is 10.3. The van der Waals surface area contributed by atoms with Crippen LogP contribution in [0.2, 0.25) is 0 Å². The van der Waals surface area contributed by atoms with Crippen LogP contribution in [0.1, 0.15) is 12.8 Å². The molecule has 1 saturated heterocycles. The normalized spacial score (nSPS) is 15.5. The Labute approximate surface area is 324 Å². The minimum atomic E-state index is -4.64. The highest BCUT2D eigenvalue weighted by Crippen LogP contribution is 2.45. The van der Waals surface area contributed by atoms with Crippen LogP contribution in [-0.4, -0.2) is 77.6 Å². The first-order valence-corrected chi connectivity index (χ1v) is 21.6. The van der Waals surface area contributed by atoms with Gasteiger partial charge in [0.1, 0.15) is 39.4 Å². The summed E-state index contributed by atoms with van der Waals surface area (Å²) in [5, 5.41) is 10.8. The predicted octanol–water partition coefficient (Wildman–Crippen LogP) is 6.68. The van der Waals surface area contributed by atoms with Crippen molar-refractivity contribution in [3.05, 3.63) is 115 Å². The zero-order valence-corrected chi connectivity index (χ0v) is 32.5. The van der Waals surface area contributed by atoms with E-state index in [4.69, 9.17) is 4.42 Å². The van der Waals surface area contributed by atoms with Gasteiger partial charge in [-0.25, -0.2) is 16.8 Å². The summed E-state index contributed by atoms with van der Waals surface area (Å²) in [4.78, 5) is 13.0. The van der Waals surface area contributed by atoms with E-state index in [1.54, 1.807) is 61.5 Å². The van der Waals surface area contributed by atoms with Crippen LogP contribution in [0.5, 0.6) is 0 Å². The molecular weight excluding hydrogens is 783 g/mol. The highest BCUT2D eigenvalue weighted by atomic mass is 32.3. The maximum absolute atomic E-state index is 14.3. The summed E-state index contributed by atoms with van der Waals surface area (Å²) in [5.74, 6) is -1.17. The molecule has 14 nitrogen and oxygen atoms in total. The SMILES string of the molecule is CN(c1ccc(S(=O)(=O)[O-])cc1)c1ccc2c(-c3ccccc3S(=O)(=O)N3CCC(C(=O)O)CC3)c3ccc(=[N+](C)c4ccc(S(O)(O)O)cc4)cc-3oc2c1. The number of piperidine rings is 1. The number of carbonyl (C=O) groups is 1. The summed E-state index contributed by atoms with van der Waals surface area (Å²) >= 11 is 0. The van der Waals surface area contributed by atoms with E-state index in [0.29, 0.717) is 55.8 Å². The van der Waals surface area contributed by atoms with Gasteiger partial charge in [-0.05, 0) is 73.5 Å². The Hall–Kier alpha value is -5.11. The first kappa shape index (κ1) is 39.1. The van der Waals surface area contributed by atoms with Crippen molar-refractivity contribution in [3.8, 4) is 22.5 Å². The van der Waals surface area contributed by atoms with Gasteiger partial charge in [-0.3, -0.25) is 4.79 Å². The third kappa shape index (κ3) is 7.55. The molecular formula is C39H37N3O11S3. The molecule has 0 saturated carbocycles. The Bertz CT molecular complexity index is 2740. The first-order valence-electron chi connectivity index (χ1n) is 17.2. The van der Waals surface area contributed by atoms with Crippen molar-refractivity contribution in [2.24, 2.45) is 5.92 Å². The molecule has 4 aromatic carbocycles. The number of hydrogen-bond donors (Lipinski definition) is 4. The molecule has 0 spiro atoms. The van der Waals surface area contributed by atoms with Gasteiger partial charge in [0.25, 0.3) is 0 Å². The van der Waals surface area contributed by atoms with E-state index >= 15 is 0 Å². The monoisotopic (exact) mass is 819 g/mol. The molecule has 0 aromatic heterocycles. The Morgan fingerprint density at radius 1 is 0.804 bits per heavy atom. The Balaban J connectivity index is 1.41. The standard InChI is InChI=1S/C39H37N3O11S3/c1-40(26-7-13-30(14-8-26)55(47,48)49)28-11-17-32-35(23-28)53-36-24-29(41(2)27-9-15-31(16-10-27)56(50,51)52)12-18-33(36)38(32)34-5-3-4-6-37(34)54(45,46)42-21-19-25(20-22-42)39(43)44/h3-18,23-25H,19-22H2,1-2H3,(H4-,43,44,47,48,49,50,51,52). The fourth-order valence-electron chi connectivity index (χ4n) is 6.94. The van der Waals surface area contributed by atoms with Crippen LogP contribution in [0, 0.1) is 5.92 Å². The minimum absolute atomic E-state index is 0.0358. The second-order valence-corrected chi connectivity index (χ2v) is 18.2. The molecule has 4 aromatic rings. The predicted molar refractivity (Wildman–Crippen MR) is 211 cm³/mol. The molecule has 1 aliphatic carbocycles. The molecule has 17 heteroatoms. The zero-order valence-electron chi connectivity index (χ0n) is 30.0. The van der Waals surface area contributed by atoms with Crippen LogP contribution in [-0.2, 0) is 24.9 Å². The number of carboxylic acids is 1. The van der Waals surface area contributed by atoms with Crippen molar-refractivity contribution in [3.63, 3.8) is 0 Å². The van der Waals surface area contributed by atoms with E-state index < -0.39 is 42.9 Å². The Morgan fingerprint density at radius 2 is 1.43 bits per heavy atom. The van der Waals surface area contributed by atoms with Crippen molar-refractivity contribution in [2.45, 2.75) is 27.5 Å². The smallest absolute Gasteiger partial charge is 0.306 e. The van der Waals surface area contributed by atoms with Crippen molar-refractivity contribution in [1.82, 2.24) is 8.88 Å². The number of anilines is 2. The summed E-state index contributed by atoms with van der Waals surface area (Å²) in [5.41, 5.74) is 3.85. The molecule has 1 fully saturated rings. The molecule has 7 rings (SSSR count). The lowest BCUT2D eigenvalue weighted by molar-refractivity contribution is -0.142. The van der Waals surface area contributed by atoms with Crippen molar-refractivity contribution < 1.29 is 49.4 Å². The summed E-state index contributed by atoms with van der Waals surface area (Å²) in [6.07, 6.45) is 0.388. The number of aliphatic carboxylic acids is 1. The molecule has 0 bridgehead atoms. The van der Waals surface area contributed by atoms with Gasteiger partial charge in [-0.1, -0.05) is 18.2 Å². The van der Waals surface area contributed by atoms with Gasteiger partial charge in [0, 0.05) is 77.9 Å². The maximum Gasteiger partial charge on any atom is 0.306 e. The molecule has 0 amide bonds. The minimum Gasteiger partial charge on any atom is -0.744 e. The molecule has 0 atom stereocenters. The van der Waals surface area contributed by atoms with E-state index in [9.17, 15) is 44.9 Å². The lowest BCUT2D eigenvalue weighted by Crippen LogP contribution is -2.40. The van der Waals surface area contributed by atoms with Crippen molar-refractivity contribution in [1.29, 1.82) is 0 Å². The van der Waals surface area contributed by atoms with E-state index in [-0.39, 0.29) is 40.6 Å². The topological polar surface area (TPSA) is 212 Å². The maximum atomic E-state index is 14.3. The van der Waals surface area contributed by atoms with Crippen LogP contribution < -0.4 is 14.8 Å². The quantitative estimate of drug-likeness (QED) is 0.0684. The number of fused-ring (bicyclic) bond motifs is 2. The Morgan fingerprint density at radius 3 is 2.05 bits per heavy atom. The fourth-order valence-corrected chi connectivity index (χ4v) is 9.58. The van der Waals surface area contributed by atoms with E-state index in [1.165, 1.54) is 46.8 Å². The highest BCUT2D eigenvalue weighted by Gasteiger charge is 2.34. The van der Waals surface area contributed by atoms with Gasteiger partial charge in [0.2, 0.25) is 21.1 Å². The summed E-state index contributed by atoms with van der Waals surface area (Å²) in [6.45, 7) is 0.120. The van der Waals surface area contributed by atoms with Crippen molar-refractivity contribution >= 4 is 65.0 Å². The lowest BCUT2D eigenvalue weighted by atomic mass is 9.93. The van der Waals surface area contributed by atoms with Crippen LogP contribution in [0.3, 0.4) is 0 Å². The van der Waals surface area contributed by atoms with Gasteiger partial charge in [0.05, 0.1) is 26.7 Å². The molecule has 4 N–H and O–H groups in total. The number of rotatable bonds is 9. The number of sulfonamides is 1. The molecule has 0 radical (unpaired) electrons. The van der Waals surface area contributed by atoms with Gasteiger partial charge < -0.3 is 32.6 Å². The summed E-state index contributed by atoms with van der Waals surface area (Å²) < 4.78 is 102. The number of benzene rings is 5. The van der Waals surface area contributed by atoms with Crippen LogP contribution in [0.25, 0.3) is 33.4 Å². The average molecular weight is 820 g/mol. The number of hydrogen-bond acceptors (Lipinski definition) is 11. The molecule has 0 unspecified atom stereocenters.